The number of aromatic nitrogens is 1. The predicted octanol–water partition coefficient (Wildman–Crippen LogP) is 2.65. The highest BCUT2D eigenvalue weighted by molar-refractivity contribution is 7.18. The van der Waals surface area contributed by atoms with Crippen LogP contribution >= 0.6 is 11.3 Å². The molecule has 1 saturated carbocycles. The zero-order valence-electron chi connectivity index (χ0n) is 9.80. The molecule has 1 aromatic carbocycles. The maximum Gasteiger partial charge on any atom is 0.305 e. The second-order valence-corrected chi connectivity index (χ2v) is 5.79. The van der Waals surface area contributed by atoms with Gasteiger partial charge in [0.05, 0.1) is 21.6 Å². The van der Waals surface area contributed by atoms with E-state index in [1.165, 1.54) is 17.8 Å². The fourth-order valence-corrected chi connectivity index (χ4v) is 3.26. The van der Waals surface area contributed by atoms with Crippen LogP contribution in [-0.2, 0) is 4.79 Å². The van der Waals surface area contributed by atoms with Gasteiger partial charge in [-0.25, -0.2) is 4.98 Å². The predicted molar refractivity (Wildman–Crippen MR) is 70.8 cm³/mol. The van der Waals surface area contributed by atoms with Crippen molar-refractivity contribution in [2.75, 3.05) is 0 Å². The Morgan fingerprint density at radius 1 is 1.56 bits per heavy atom. The molecule has 1 fully saturated rings. The third-order valence-corrected chi connectivity index (χ3v) is 4.37. The van der Waals surface area contributed by atoms with Gasteiger partial charge < -0.3 is 10.8 Å². The molecule has 94 valence electrons. The molecule has 2 aromatic rings. The third kappa shape index (κ3) is 2.11. The van der Waals surface area contributed by atoms with Crippen molar-refractivity contribution in [3.05, 3.63) is 28.8 Å². The molecule has 0 aliphatic heterocycles. The van der Waals surface area contributed by atoms with Crippen molar-refractivity contribution in [1.29, 1.82) is 0 Å². The summed E-state index contributed by atoms with van der Waals surface area (Å²) >= 11 is 1.70. The van der Waals surface area contributed by atoms with Gasteiger partial charge in [0.1, 0.15) is 0 Å². The number of benzene rings is 1. The van der Waals surface area contributed by atoms with Crippen LogP contribution in [0.2, 0.25) is 0 Å². The minimum absolute atomic E-state index is 0.0601. The highest BCUT2D eigenvalue weighted by atomic mass is 32.1. The van der Waals surface area contributed by atoms with Crippen LogP contribution in [-0.4, -0.2) is 16.1 Å². The van der Waals surface area contributed by atoms with E-state index in [1.54, 1.807) is 11.3 Å². The maximum absolute atomic E-state index is 10.7. The van der Waals surface area contributed by atoms with E-state index in [-0.39, 0.29) is 6.42 Å². The molecule has 1 aliphatic rings. The number of nitrogens with two attached hydrogens (primary N) is 1. The number of fused-ring (bicyclic) bond motifs is 1. The van der Waals surface area contributed by atoms with E-state index >= 15 is 0 Å². The zero-order valence-corrected chi connectivity index (χ0v) is 10.6. The van der Waals surface area contributed by atoms with Crippen molar-refractivity contribution in [3.8, 4) is 0 Å². The monoisotopic (exact) mass is 262 g/mol. The van der Waals surface area contributed by atoms with Gasteiger partial charge in [0, 0.05) is 12.0 Å². The van der Waals surface area contributed by atoms with Gasteiger partial charge in [-0.05, 0) is 24.5 Å². The van der Waals surface area contributed by atoms with E-state index in [1.807, 2.05) is 18.2 Å². The largest absolute Gasteiger partial charge is 0.481 e. The van der Waals surface area contributed by atoms with Crippen molar-refractivity contribution >= 4 is 27.5 Å². The number of thiazole rings is 1. The SMILES string of the molecule is NC(CC(=O)O)c1cccc2sc(C3CC3)nc12. The van der Waals surface area contributed by atoms with Crippen LogP contribution < -0.4 is 5.73 Å². The first-order valence-corrected chi connectivity index (χ1v) is 6.83. The van der Waals surface area contributed by atoms with Gasteiger partial charge in [-0.15, -0.1) is 11.3 Å². The Morgan fingerprint density at radius 3 is 3.00 bits per heavy atom. The summed E-state index contributed by atoms with van der Waals surface area (Å²) in [5.74, 6) is -0.261. The number of aliphatic carboxylic acids is 1. The Balaban J connectivity index is 2.02. The number of carboxylic acid groups (broad SMARTS) is 1. The minimum atomic E-state index is -0.878. The van der Waals surface area contributed by atoms with Crippen LogP contribution in [0.1, 0.15) is 41.8 Å². The first kappa shape index (κ1) is 11.6. The molecule has 18 heavy (non-hydrogen) atoms. The minimum Gasteiger partial charge on any atom is -0.481 e. The van der Waals surface area contributed by atoms with E-state index in [0.717, 1.165) is 15.8 Å². The molecule has 0 spiro atoms. The summed E-state index contributed by atoms with van der Waals surface area (Å²) in [5, 5.41) is 9.99. The van der Waals surface area contributed by atoms with E-state index in [9.17, 15) is 4.79 Å². The average molecular weight is 262 g/mol. The number of hydrogen-bond acceptors (Lipinski definition) is 4. The second-order valence-electron chi connectivity index (χ2n) is 4.72. The van der Waals surface area contributed by atoms with Gasteiger partial charge in [-0.3, -0.25) is 4.79 Å². The summed E-state index contributed by atoms with van der Waals surface area (Å²) in [5.41, 5.74) is 7.68. The maximum atomic E-state index is 10.7. The summed E-state index contributed by atoms with van der Waals surface area (Å²) in [6.45, 7) is 0. The Hall–Kier alpha value is -1.46. The first-order valence-electron chi connectivity index (χ1n) is 6.02. The van der Waals surface area contributed by atoms with Crippen molar-refractivity contribution < 1.29 is 9.90 Å². The lowest BCUT2D eigenvalue weighted by atomic mass is 10.0. The van der Waals surface area contributed by atoms with Crippen LogP contribution in [0.5, 0.6) is 0 Å². The van der Waals surface area contributed by atoms with Gasteiger partial charge in [-0.2, -0.15) is 0 Å². The van der Waals surface area contributed by atoms with Gasteiger partial charge in [0.15, 0.2) is 0 Å². The van der Waals surface area contributed by atoms with E-state index in [4.69, 9.17) is 10.8 Å². The first-order chi connectivity index (χ1) is 8.65. The Morgan fingerprint density at radius 2 is 2.33 bits per heavy atom. The average Bonchev–Trinajstić information content (AvgIpc) is 3.07. The van der Waals surface area contributed by atoms with E-state index < -0.39 is 12.0 Å². The van der Waals surface area contributed by atoms with Crippen molar-refractivity contribution in [2.45, 2.75) is 31.2 Å². The summed E-state index contributed by atoms with van der Waals surface area (Å²) in [6, 6.07) is 5.34. The molecule has 4 nitrogen and oxygen atoms in total. The van der Waals surface area contributed by atoms with Crippen molar-refractivity contribution in [1.82, 2.24) is 4.98 Å². The zero-order chi connectivity index (χ0) is 12.7. The van der Waals surface area contributed by atoms with Crippen LogP contribution in [0, 0.1) is 0 Å². The number of carboxylic acids is 1. The molecule has 1 unspecified atom stereocenters. The second kappa shape index (κ2) is 4.33. The highest BCUT2D eigenvalue weighted by Crippen LogP contribution is 2.44. The summed E-state index contributed by atoms with van der Waals surface area (Å²) in [4.78, 5) is 15.4. The van der Waals surface area contributed by atoms with Crippen LogP contribution in [0.3, 0.4) is 0 Å². The molecule has 1 aromatic heterocycles. The van der Waals surface area contributed by atoms with Gasteiger partial charge in [-0.1, -0.05) is 12.1 Å². The van der Waals surface area contributed by atoms with Crippen LogP contribution in [0.4, 0.5) is 0 Å². The smallest absolute Gasteiger partial charge is 0.305 e. The van der Waals surface area contributed by atoms with Gasteiger partial charge in [0.2, 0.25) is 0 Å². The number of nitrogens with zero attached hydrogens (tertiary/aromatic N) is 1. The summed E-state index contributed by atoms with van der Waals surface area (Å²) in [6.07, 6.45) is 2.38. The number of carbonyl (C=O) groups is 1. The Bertz CT molecular complexity index is 604. The number of hydrogen-bond donors (Lipinski definition) is 2. The summed E-state index contributed by atoms with van der Waals surface area (Å²) in [7, 11) is 0. The van der Waals surface area contributed by atoms with E-state index in [2.05, 4.69) is 4.98 Å². The summed E-state index contributed by atoms with van der Waals surface area (Å²) < 4.78 is 1.11. The lowest BCUT2D eigenvalue weighted by molar-refractivity contribution is -0.137. The number of rotatable bonds is 4. The quantitative estimate of drug-likeness (QED) is 0.888. The fourth-order valence-electron chi connectivity index (χ4n) is 2.09. The fraction of sp³-hybridized carbons (Fsp3) is 0.385. The lowest BCUT2D eigenvalue weighted by Gasteiger charge is -2.09. The highest BCUT2D eigenvalue weighted by Gasteiger charge is 2.27. The molecular weight excluding hydrogens is 248 g/mol. The Labute approximate surface area is 108 Å². The molecular formula is C13H14N2O2S. The molecule has 0 saturated heterocycles. The van der Waals surface area contributed by atoms with Crippen molar-refractivity contribution in [2.24, 2.45) is 5.73 Å². The standard InChI is InChI=1S/C13H14N2O2S/c14-9(6-11(16)17)8-2-1-3-10-12(8)15-13(18-10)7-4-5-7/h1-3,7,9H,4-6,14H2,(H,16,17). The molecule has 3 rings (SSSR count). The molecule has 0 amide bonds. The lowest BCUT2D eigenvalue weighted by Crippen LogP contribution is -2.15. The third-order valence-electron chi connectivity index (χ3n) is 3.19. The molecule has 1 heterocycles. The van der Waals surface area contributed by atoms with Crippen LogP contribution in [0.25, 0.3) is 10.2 Å². The topological polar surface area (TPSA) is 76.2 Å². The molecule has 1 aliphatic carbocycles. The van der Waals surface area contributed by atoms with Gasteiger partial charge in [0.25, 0.3) is 0 Å². The Kier molecular flexibility index (Phi) is 2.80. The molecule has 0 bridgehead atoms. The van der Waals surface area contributed by atoms with Crippen LogP contribution in [0.15, 0.2) is 18.2 Å². The molecule has 0 radical (unpaired) electrons. The molecule has 3 N–H and O–H groups in total. The molecule has 5 heteroatoms. The van der Waals surface area contributed by atoms with Gasteiger partial charge >= 0.3 is 5.97 Å². The van der Waals surface area contributed by atoms with E-state index in [0.29, 0.717) is 5.92 Å². The van der Waals surface area contributed by atoms with Crippen molar-refractivity contribution in [3.63, 3.8) is 0 Å². The molecule has 1 atom stereocenters. The normalized spacial score (nSPS) is 16.9. The number of para-hydroxylation sites is 1.